The van der Waals surface area contributed by atoms with Gasteiger partial charge in [0.15, 0.2) is 0 Å². The first-order chi connectivity index (χ1) is 19.0. The minimum Gasteiger partial charge on any atom is -0.337 e. The van der Waals surface area contributed by atoms with Crippen molar-refractivity contribution in [3.05, 3.63) is 114 Å². The predicted molar refractivity (Wildman–Crippen MR) is 153 cm³/mol. The third kappa shape index (κ3) is 5.85. The van der Waals surface area contributed by atoms with Gasteiger partial charge in [-0.1, -0.05) is 50.2 Å². The molecule has 1 aliphatic carbocycles. The Hall–Kier alpha value is -3.82. The Morgan fingerprint density at radius 2 is 1.82 bits per heavy atom. The molecular formula is C31H33FN4O3S. The standard InChI is InChI=1S/C31H33FN4O3S/c1-31(2,23-7-5-4-6-8-23)20-30(37)36(21-29-33-17-18-35(29)3)25-13-9-22-10-16-28(27(22)19-25)34-40(38,39)26-14-11-24(32)12-15-26/h4-9,11-15,17-19,28,34H,10,16,20-21H2,1-3H3/t28-/m1/s1. The molecule has 0 saturated heterocycles. The van der Waals surface area contributed by atoms with Gasteiger partial charge in [0.05, 0.1) is 11.4 Å². The fraction of sp³-hybridized carbons (Fsp3) is 0.290. The maximum absolute atomic E-state index is 13.9. The quantitative estimate of drug-likeness (QED) is 0.296. The van der Waals surface area contributed by atoms with Gasteiger partial charge < -0.3 is 9.47 Å². The predicted octanol–water partition coefficient (Wildman–Crippen LogP) is 5.43. The van der Waals surface area contributed by atoms with E-state index in [4.69, 9.17) is 0 Å². The largest absolute Gasteiger partial charge is 0.337 e. The summed E-state index contributed by atoms with van der Waals surface area (Å²) in [4.78, 5) is 20.1. The second-order valence-electron chi connectivity index (χ2n) is 10.9. The lowest BCUT2D eigenvalue weighted by atomic mass is 9.81. The minimum atomic E-state index is -3.86. The molecule has 0 saturated carbocycles. The number of nitrogens with zero attached hydrogens (tertiary/aromatic N) is 3. The number of fused-ring (bicyclic) bond motifs is 1. The molecule has 1 N–H and O–H groups in total. The smallest absolute Gasteiger partial charge is 0.241 e. The summed E-state index contributed by atoms with van der Waals surface area (Å²) in [6.45, 7) is 4.39. The highest BCUT2D eigenvalue weighted by Crippen LogP contribution is 2.36. The number of aryl methyl sites for hydroxylation is 2. The first-order valence-corrected chi connectivity index (χ1v) is 14.7. The Balaban J connectivity index is 1.45. The number of hydrogen-bond donors (Lipinski definition) is 1. The van der Waals surface area contributed by atoms with Gasteiger partial charge in [0.25, 0.3) is 0 Å². The summed E-state index contributed by atoms with van der Waals surface area (Å²) >= 11 is 0. The number of imidazole rings is 1. The van der Waals surface area contributed by atoms with E-state index >= 15 is 0 Å². The molecule has 1 aliphatic rings. The average molecular weight is 561 g/mol. The summed E-state index contributed by atoms with van der Waals surface area (Å²) in [6.07, 6.45) is 5.12. The Kier molecular flexibility index (Phi) is 7.61. The Morgan fingerprint density at radius 3 is 2.50 bits per heavy atom. The molecule has 0 spiro atoms. The third-order valence-corrected chi connectivity index (χ3v) is 9.10. The van der Waals surface area contributed by atoms with Gasteiger partial charge in [-0.2, -0.15) is 0 Å². The number of halogens is 1. The van der Waals surface area contributed by atoms with E-state index < -0.39 is 27.3 Å². The summed E-state index contributed by atoms with van der Waals surface area (Å²) in [7, 11) is -1.97. The molecular weight excluding hydrogens is 527 g/mol. The second kappa shape index (κ2) is 11.0. The zero-order valence-corrected chi connectivity index (χ0v) is 23.7. The van der Waals surface area contributed by atoms with Crippen LogP contribution >= 0.6 is 0 Å². The highest BCUT2D eigenvalue weighted by molar-refractivity contribution is 7.89. The van der Waals surface area contributed by atoms with Crippen LogP contribution in [0.5, 0.6) is 0 Å². The number of amides is 1. The van der Waals surface area contributed by atoms with E-state index in [1.165, 1.54) is 12.1 Å². The van der Waals surface area contributed by atoms with Crippen LogP contribution in [0, 0.1) is 5.82 Å². The van der Waals surface area contributed by atoms with Crippen LogP contribution in [-0.4, -0.2) is 23.9 Å². The minimum absolute atomic E-state index is 0.00762. The fourth-order valence-corrected chi connectivity index (χ4v) is 6.48. The summed E-state index contributed by atoms with van der Waals surface area (Å²) in [5.74, 6) is 0.181. The molecule has 0 unspecified atom stereocenters. The number of anilines is 1. The normalized spacial score (nSPS) is 15.2. The lowest BCUT2D eigenvalue weighted by molar-refractivity contribution is -0.119. The summed E-state index contributed by atoms with van der Waals surface area (Å²) in [6, 6.07) is 20.1. The third-order valence-electron chi connectivity index (χ3n) is 7.61. The van der Waals surface area contributed by atoms with E-state index in [2.05, 4.69) is 23.6 Å². The van der Waals surface area contributed by atoms with Gasteiger partial charge in [-0.3, -0.25) is 4.79 Å². The van der Waals surface area contributed by atoms with E-state index in [1.54, 1.807) is 11.1 Å². The average Bonchev–Trinajstić information content (AvgIpc) is 3.52. The number of aromatic nitrogens is 2. The van der Waals surface area contributed by atoms with E-state index in [0.717, 1.165) is 34.6 Å². The van der Waals surface area contributed by atoms with Crippen LogP contribution in [0.4, 0.5) is 10.1 Å². The molecule has 1 atom stereocenters. The van der Waals surface area contributed by atoms with Crippen molar-refractivity contribution in [2.24, 2.45) is 7.05 Å². The van der Waals surface area contributed by atoms with Gasteiger partial charge in [0.2, 0.25) is 15.9 Å². The molecule has 208 valence electrons. The number of carbonyl (C=O) groups excluding carboxylic acids is 1. The number of carbonyl (C=O) groups is 1. The summed E-state index contributed by atoms with van der Waals surface area (Å²) in [5.41, 5.74) is 3.23. The number of nitrogens with one attached hydrogen (secondary N) is 1. The van der Waals surface area contributed by atoms with Crippen molar-refractivity contribution in [3.63, 3.8) is 0 Å². The zero-order valence-electron chi connectivity index (χ0n) is 22.8. The van der Waals surface area contributed by atoms with E-state index in [0.29, 0.717) is 18.5 Å². The highest BCUT2D eigenvalue weighted by atomic mass is 32.2. The molecule has 0 bridgehead atoms. The fourth-order valence-electron chi connectivity index (χ4n) is 5.23. The molecule has 3 aromatic carbocycles. The van der Waals surface area contributed by atoms with E-state index in [-0.39, 0.29) is 23.8 Å². The second-order valence-corrected chi connectivity index (χ2v) is 12.6. The van der Waals surface area contributed by atoms with Crippen molar-refractivity contribution in [3.8, 4) is 0 Å². The molecule has 0 fully saturated rings. The lowest BCUT2D eigenvalue weighted by Gasteiger charge is -2.30. The molecule has 0 radical (unpaired) electrons. The van der Waals surface area contributed by atoms with Crippen LogP contribution in [0.15, 0.2) is 90.1 Å². The first kappa shape index (κ1) is 27.7. The monoisotopic (exact) mass is 560 g/mol. The van der Waals surface area contributed by atoms with Crippen molar-refractivity contribution >= 4 is 21.6 Å². The molecule has 4 aromatic rings. The molecule has 5 rings (SSSR count). The SMILES string of the molecule is Cn1ccnc1CN(C(=O)CC(C)(C)c1ccccc1)c1ccc2c(c1)[C@H](NS(=O)(=O)c1ccc(F)cc1)CC2. The topological polar surface area (TPSA) is 84.3 Å². The van der Waals surface area contributed by atoms with Crippen LogP contribution in [0.2, 0.25) is 0 Å². The van der Waals surface area contributed by atoms with Gasteiger partial charge in [-0.25, -0.2) is 22.5 Å². The zero-order chi connectivity index (χ0) is 28.5. The van der Waals surface area contributed by atoms with Crippen LogP contribution in [0.1, 0.15) is 55.2 Å². The number of sulfonamides is 1. The Morgan fingerprint density at radius 1 is 1.10 bits per heavy atom. The van der Waals surface area contributed by atoms with Crippen molar-refractivity contribution in [1.29, 1.82) is 0 Å². The Bertz CT molecular complexity index is 1620. The van der Waals surface area contributed by atoms with Crippen LogP contribution in [0.25, 0.3) is 0 Å². The number of benzene rings is 3. The van der Waals surface area contributed by atoms with Gasteiger partial charge in [0, 0.05) is 37.6 Å². The number of hydrogen-bond acceptors (Lipinski definition) is 4. The van der Waals surface area contributed by atoms with Crippen LogP contribution in [-0.2, 0) is 40.2 Å². The first-order valence-electron chi connectivity index (χ1n) is 13.3. The van der Waals surface area contributed by atoms with Gasteiger partial charge >= 0.3 is 0 Å². The molecule has 0 aliphatic heterocycles. The van der Waals surface area contributed by atoms with Gasteiger partial charge in [0.1, 0.15) is 11.6 Å². The molecule has 1 aromatic heterocycles. The van der Waals surface area contributed by atoms with Gasteiger partial charge in [-0.05, 0) is 71.3 Å². The van der Waals surface area contributed by atoms with E-state index in [9.17, 15) is 17.6 Å². The van der Waals surface area contributed by atoms with E-state index in [1.807, 2.05) is 66.3 Å². The maximum atomic E-state index is 13.9. The van der Waals surface area contributed by atoms with Crippen molar-refractivity contribution in [2.75, 3.05) is 4.90 Å². The highest BCUT2D eigenvalue weighted by Gasteiger charge is 2.31. The van der Waals surface area contributed by atoms with Crippen molar-refractivity contribution in [1.82, 2.24) is 14.3 Å². The van der Waals surface area contributed by atoms with Crippen molar-refractivity contribution in [2.45, 2.75) is 56.0 Å². The Labute approximate surface area is 234 Å². The molecule has 9 heteroatoms. The summed E-state index contributed by atoms with van der Waals surface area (Å²) < 4.78 is 44.2. The van der Waals surface area contributed by atoms with Crippen LogP contribution in [0.3, 0.4) is 0 Å². The van der Waals surface area contributed by atoms with Crippen molar-refractivity contribution < 1.29 is 17.6 Å². The summed E-state index contributed by atoms with van der Waals surface area (Å²) in [5, 5.41) is 0. The molecule has 1 amide bonds. The van der Waals surface area contributed by atoms with Crippen LogP contribution < -0.4 is 9.62 Å². The lowest BCUT2D eigenvalue weighted by Crippen LogP contribution is -2.36. The molecule has 40 heavy (non-hydrogen) atoms. The molecule has 7 nitrogen and oxygen atoms in total. The maximum Gasteiger partial charge on any atom is 0.241 e. The molecule has 1 heterocycles. The van der Waals surface area contributed by atoms with Gasteiger partial charge in [-0.15, -0.1) is 0 Å². The number of rotatable bonds is 9.